The maximum Gasteiger partial charge on any atom is 0.255 e. The zero-order valence-electron chi connectivity index (χ0n) is 17.3. The molecule has 0 heterocycles. The highest BCUT2D eigenvalue weighted by atomic mass is 35.5. The van der Waals surface area contributed by atoms with Gasteiger partial charge in [-0.3, -0.25) is 4.79 Å². The number of aliphatic hydroxyl groups excluding tert-OH is 1. The van der Waals surface area contributed by atoms with Crippen molar-refractivity contribution in [3.63, 3.8) is 0 Å². The smallest absolute Gasteiger partial charge is 0.255 e. The summed E-state index contributed by atoms with van der Waals surface area (Å²) in [6, 6.07) is 4.90. The van der Waals surface area contributed by atoms with Crippen LogP contribution in [0.4, 0.5) is 18.9 Å². The van der Waals surface area contributed by atoms with Crippen LogP contribution in [0.15, 0.2) is 35.2 Å². The van der Waals surface area contributed by atoms with Gasteiger partial charge in [0.1, 0.15) is 0 Å². The van der Waals surface area contributed by atoms with E-state index in [0.29, 0.717) is 37.8 Å². The fourth-order valence-corrected chi connectivity index (χ4v) is 8.02. The van der Waals surface area contributed by atoms with Crippen LogP contribution in [0.3, 0.4) is 0 Å². The molecule has 0 radical (unpaired) electrons. The average Bonchev–Trinajstić information content (AvgIpc) is 3.05. The lowest BCUT2D eigenvalue weighted by Gasteiger charge is -2.40. The summed E-state index contributed by atoms with van der Waals surface area (Å²) >= 11 is 6.21. The van der Waals surface area contributed by atoms with Gasteiger partial charge in [-0.25, -0.2) is 21.6 Å². The van der Waals surface area contributed by atoms with Crippen LogP contribution in [0.2, 0.25) is 5.02 Å². The summed E-state index contributed by atoms with van der Waals surface area (Å²) in [4.78, 5) is 12.4. The van der Waals surface area contributed by atoms with E-state index < -0.39 is 44.0 Å². The van der Waals surface area contributed by atoms with Crippen molar-refractivity contribution in [2.45, 2.75) is 41.4 Å². The van der Waals surface area contributed by atoms with Crippen molar-refractivity contribution in [1.82, 2.24) is 0 Å². The number of hydrogen-bond donors (Lipinski definition) is 3. The SMILES string of the molecule is N[C@]1(CO)CC2CC[C@@H](C1)C2S(=O)(=O)c1cc(C(=O)Nc2cc(F)c(F)c(F)c2)ccc1Cl. The molecule has 0 saturated heterocycles. The summed E-state index contributed by atoms with van der Waals surface area (Å²) in [5.74, 6) is -5.96. The summed E-state index contributed by atoms with van der Waals surface area (Å²) in [6.45, 7) is -0.228. The van der Waals surface area contributed by atoms with E-state index >= 15 is 0 Å². The highest BCUT2D eigenvalue weighted by Gasteiger charge is 2.53. The molecule has 1 amide bonds. The number of nitrogens with one attached hydrogen (secondary N) is 1. The molecule has 2 aromatic rings. The molecule has 0 spiro atoms. The van der Waals surface area contributed by atoms with Crippen LogP contribution in [0.1, 0.15) is 36.0 Å². The van der Waals surface area contributed by atoms with E-state index in [2.05, 4.69) is 5.32 Å². The Morgan fingerprint density at radius 1 is 1.12 bits per heavy atom. The number of fused-ring (bicyclic) bond motifs is 2. The van der Waals surface area contributed by atoms with Crippen LogP contribution in [0.5, 0.6) is 0 Å². The molecule has 6 nitrogen and oxygen atoms in total. The summed E-state index contributed by atoms with van der Waals surface area (Å²) in [5.41, 5.74) is 4.97. The standard InChI is InChI=1S/C22H22ClF3N2O4S/c23-15-4-3-11(21(30)28-14-6-16(24)19(26)17(25)7-14)5-18(15)33(31,32)20-12-1-2-13(20)9-22(27,8-12)10-29/h3-7,12-13,20,29H,1-2,8-10,27H2,(H,28,30)/t12-,13?,20?,22-/m0/s1. The molecule has 4 rings (SSSR count). The Balaban J connectivity index is 1.63. The number of benzene rings is 2. The molecule has 2 fully saturated rings. The molecule has 0 aliphatic heterocycles. The number of nitrogens with two attached hydrogens (primary N) is 1. The first-order valence-electron chi connectivity index (χ1n) is 10.3. The van der Waals surface area contributed by atoms with Gasteiger partial charge >= 0.3 is 0 Å². The molecule has 2 aromatic carbocycles. The van der Waals surface area contributed by atoms with E-state index in [1.165, 1.54) is 12.1 Å². The van der Waals surface area contributed by atoms with Gasteiger partial charge in [0, 0.05) is 28.9 Å². The minimum absolute atomic E-state index is 0.0587. The van der Waals surface area contributed by atoms with Crippen molar-refractivity contribution >= 4 is 33.0 Å². The lowest BCUT2D eigenvalue weighted by Crippen LogP contribution is -2.53. The Morgan fingerprint density at radius 3 is 2.24 bits per heavy atom. The van der Waals surface area contributed by atoms with Crippen LogP contribution in [0, 0.1) is 29.3 Å². The topological polar surface area (TPSA) is 109 Å². The van der Waals surface area contributed by atoms with Crippen LogP contribution in [-0.2, 0) is 9.84 Å². The first kappa shape index (κ1) is 24.0. The summed E-state index contributed by atoms with van der Waals surface area (Å²) in [7, 11) is -3.95. The predicted molar refractivity (Wildman–Crippen MR) is 116 cm³/mol. The van der Waals surface area contributed by atoms with E-state index in [9.17, 15) is 31.5 Å². The van der Waals surface area contributed by atoms with Crippen molar-refractivity contribution in [3.8, 4) is 0 Å². The Labute approximate surface area is 193 Å². The van der Waals surface area contributed by atoms with Gasteiger partial charge < -0.3 is 16.2 Å². The molecule has 2 bridgehead atoms. The van der Waals surface area contributed by atoms with Gasteiger partial charge in [-0.1, -0.05) is 11.6 Å². The van der Waals surface area contributed by atoms with Gasteiger partial charge in [-0.2, -0.15) is 0 Å². The van der Waals surface area contributed by atoms with Crippen molar-refractivity contribution in [2.75, 3.05) is 11.9 Å². The maximum absolute atomic E-state index is 13.6. The number of amides is 1. The molecule has 2 aliphatic rings. The number of sulfone groups is 1. The lowest BCUT2D eigenvalue weighted by atomic mass is 9.76. The normalized spacial score (nSPS) is 26.9. The van der Waals surface area contributed by atoms with Gasteiger partial charge in [0.15, 0.2) is 27.3 Å². The first-order chi connectivity index (χ1) is 15.4. The average molecular weight is 503 g/mol. The fourth-order valence-electron chi connectivity index (χ4n) is 5.18. The second-order valence-electron chi connectivity index (χ2n) is 8.89. The van der Waals surface area contributed by atoms with Crippen LogP contribution in [0.25, 0.3) is 0 Å². The lowest BCUT2D eigenvalue weighted by molar-refractivity contribution is 0.102. The predicted octanol–water partition coefficient (Wildman–Crippen LogP) is 3.66. The Kier molecular flexibility index (Phi) is 6.24. The first-order valence-corrected chi connectivity index (χ1v) is 12.3. The van der Waals surface area contributed by atoms with Gasteiger partial charge in [0.25, 0.3) is 5.91 Å². The number of anilines is 1. The molecule has 2 unspecified atom stereocenters. The number of aliphatic hydroxyl groups is 1. The zero-order valence-corrected chi connectivity index (χ0v) is 18.9. The Bertz CT molecular complexity index is 1190. The number of carbonyl (C=O) groups is 1. The third kappa shape index (κ3) is 4.37. The van der Waals surface area contributed by atoms with Crippen LogP contribution >= 0.6 is 11.6 Å². The number of carbonyl (C=O) groups excluding carboxylic acids is 1. The highest BCUT2D eigenvalue weighted by molar-refractivity contribution is 7.92. The molecule has 11 heteroatoms. The van der Waals surface area contributed by atoms with Crippen LogP contribution in [-0.4, -0.2) is 36.8 Å². The number of rotatable bonds is 5. The molecule has 4 atom stereocenters. The quantitative estimate of drug-likeness (QED) is 0.541. The van der Waals surface area contributed by atoms with E-state index in [1.807, 2.05) is 0 Å². The van der Waals surface area contributed by atoms with E-state index in [4.69, 9.17) is 17.3 Å². The second kappa shape index (κ2) is 8.57. The van der Waals surface area contributed by atoms with Crippen LogP contribution < -0.4 is 11.1 Å². The third-order valence-corrected chi connectivity index (χ3v) is 9.47. The molecule has 4 N–H and O–H groups in total. The van der Waals surface area contributed by atoms with Gasteiger partial charge in [-0.15, -0.1) is 0 Å². The molecule has 33 heavy (non-hydrogen) atoms. The highest BCUT2D eigenvalue weighted by Crippen LogP contribution is 2.50. The van der Waals surface area contributed by atoms with E-state index in [-0.39, 0.29) is 39.6 Å². The largest absolute Gasteiger partial charge is 0.394 e. The zero-order chi connectivity index (χ0) is 24.1. The number of hydrogen-bond acceptors (Lipinski definition) is 5. The number of halogens is 4. The van der Waals surface area contributed by atoms with E-state index in [1.54, 1.807) is 0 Å². The third-order valence-electron chi connectivity index (χ3n) is 6.59. The monoisotopic (exact) mass is 502 g/mol. The van der Waals surface area contributed by atoms with Gasteiger partial charge in [0.2, 0.25) is 0 Å². The summed E-state index contributed by atoms with van der Waals surface area (Å²) < 4.78 is 67.2. The minimum atomic E-state index is -3.95. The molecular formula is C22H22ClF3N2O4S. The Hall–Kier alpha value is -2.14. The van der Waals surface area contributed by atoms with Crippen molar-refractivity contribution in [1.29, 1.82) is 0 Å². The van der Waals surface area contributed by atoms with Gasteiger partial charge in [-0.05, 0) is 55.7 Å². The van der Waals surface area contributed by atoms with Crippen molar-refractivity contribution in [3.05, 3.63) is 58.4 Å². The van der Waals surface area contributed by atoms with Crippen molar-refractivity contribution in [2.24, 2.45) is 17.6 Å². The Morgan fingerprint density at radius 2 is 1.70 bits per heavy atom. The minimum Gasteiger partial charge on any atom is -0.394 e. The van der Waals surface area contributed by atoms with Gasteiger partial charge in [0.05, 0.1) is 21.8 Å². The molecule has 2 aliphatic carbocycles. The maximum atomic E-state index is 13.6. The van der Waals surface area contributed by atoms with Crippen molar-refractivity contribution < 1.29 is 31.5 Å². The molecule has 178 valence electrons. The van der Waals surface area contributed by atoms with E-state index in [0.717, 1.165) is 6.07 Å². The molecule has 0 aromatic heterocycles. The summed E-state index contributed by atoms with van der Waals surface area (Å²) in [6.07, 6.45) is 2.05. The summed E-state index contributed by atoms with van der Waals surface area (Å²) in [5, 5.41) is 11.1. The fraction of sp³-hybridized carbons (Fsp3) is 0.409. The molecule has 2 saturated carbocycles. The molecular weight excluding hydrogens is 481 g/mol. The second-order valence-corrected chi connectivity index (χ2v) is 11.4.